The number of ether oxygens (including phenoxy) is 1. The van der Waals surface area contributed by atoms with Crippen molar-refractivity contribution in [3.8, 4) is 11.8 Å². The fraction of sp³-hybridized carbons (Fsp3) is 0.300. The van der Waals surface area contributed by atoms with Crippen molar-refractivity contribution in [2.75, 3.05) is 13.1 Å². The normalized spacial score (nSPS) is 10.1. The highest BCUT2D eigenvalue weighted by molar-refractivity contribution is 5.77. The van der Waals surface area contributed by atoms with Gasteiger partial charge in [0.15, 0.2) is 0 Å². The van der Waals surface area contributed by atoms with E-state index in [-0.39, 0.29) is 5.91 Å². The highest BCUT2D eigenvalue weighted by Gasteiger charge is 2.03. The standard InChI is InChI=1S/C20H23N3O2/c1-2-10-23-20(24)14-22-13-16-6-5-9-19(11-16)25-15-18-8-4-3-7-17(18)12-21/h3-9,11,22H,2,10,13-15H2,1H3,(H,23,24). The summed E-state index contributed by atoms with van der Waals surface area (Å²) in [6.45, 7) is 3.95. The van der Waals surface area contributed by atoms with Crippen LogP contribution in [0.2, 0.25) is 0 Å². The van der Waals surface area contributed by atoms with Crippen LogP contribution in [0, 0.1) is 11.3 Å². The van der Waals surface area contributed by atoms with Crippen LogP contribution >= 0.6 is 0 Å². The van der Waals surface area contributed by atoms with E-state index in [0.717, 1.165) is 23.3 Å². The van der Waals surface area contributed by atoms with Gasteiger partial charge in [-0.1, -0.05) is 37.3 Å². The molecule has 0 aliphatic heterocycles. The molecule has 2 rings (SSSR count). The highest BCUT2D eigenvalue weighted by Crippen LogP contribution is 2.16. The number of nitrogens with zero attached hydrogens (tertiary/aromatic N) is 1. The first-order valence-electron chi connectivity index (χ1n) is 8.40. The van der Waals surface area contributed by atoms with Crippen molar-refractivity contribution >= 4 is 5.91 Å². The maximum atomic E-state index is 11.6. The third-order valence-electron chi connectivity index (χ3n) is 3.62. The zero-order valence-corrected chi connectivity index (χ0v) is 14.4. The maximum absolute atomic E-state index is 11.6. The molecule has 0 spiro atoms. The van der Waals surface area contributed by atoms with Gasteiger partial charge in [0.1, 0.15) is 12.4 Å². The van der Waals surface area contributed by atoms with E-state index in [9.17, 15) is 4.79 Å². The van der Waals surface area contributed by atoms with Crippen LogP contribution in [-0.4, -0.2) is 19.0 Å². The lowest BCUT2D eigenvalue weighted by molar-refractivity contribution is -0.120. The number of hydrogen-bond donors (Lipinski definition) is 2. The number of nitrogens with one attached hydrogen (secondary N) is 2. The lowest BCUT2D eigenvalue weighted by atomic mass is 10.1. The quantitative estimate of drug-likeness (QED) is 0.738. The first-order valence-corrected chi connectivity index (χ1v) is 8.40. The molecule has 5 nitrogen and oxygen atoms in total. The van der Waals surface area contributed by atoms with Crippen molar-refractivity contribution in [3.05, 3.63) is 65.2 Å². The molecule has 25 heavy (non-hydrogen) atoms. The zero-order valence-electron chi connectivity index (χ0n) is 14.4. The first kappa shape index (κ1) is 18.5. The summed E-state index contributed by atoms with van der Waals surface area (Å²) in [5.41, 5.74) is 2.52. The Morgan fingerprint density at radius 1 is 1.20 bits per heavy atom. The van der Waals surface area contributed by atoms with Crippen molar-refractivity contribution in [1.82, 2.24) is 10.6 Å². The fourth-order valence-electron chi connectivity index (χ4n) is 2.31. The highest BCUT2D eigenvalue weighted by atomic mass is 16.5. The van der Waals surface area contributed by atoms with Crippen molar-refractivity contribution in [2.24, 2.45) is 0 Å². The van der Waals surface area contributed by atoms with Crippen LogP contribution in [0.5, 0.6) is 5.75 Å². The molecule has 0 atom stereocenters. The fourth-order valence-corrected chi connectivity index (χ4v) is 2.31. The molecule has 0 heterocycles. The van der Waals surface area contributed by atoms with E-state index in [2.05, 4.69) is 16.7 Å². The Bertz CT molecular complexity index is 738. The average Bonchev–Trinajstić information content (AvgIpc) is 2.65. The van der Waals surface area contributed by atoms with Gasteiger partial charge >= 0.3 is 0 Å². The third kappa shape index (κ3) is 6.28. The van der Waals surface area contributed by atoms with E-state index in [1.54, 1.807) is 6.07 Å². The molecule has 0 radical (unpaired) electrons. The van der Waals surface area contributed by atoms with Crippen molar-refractivity contribution < 1.29 is 9.53 Å². The number of rotatable bonds is 9. The second-order valence-electron chi connectivity index (χ2n) is 5.66. The predicted molar refractivity (Wildman–Crippen MR) is 96.9 cm³/mol. The topological polar surface area (TPSA) is 74.2 Å². The summed E-state index contributed by atoms with van der Waals surface area (Å²) < 4.78 is 5.80. The largest absolute Gasteiger partial charge is 0.489 e. The summed E-state index contributed by atoms with van der Waals surface area (Å²) in [6.07, 6.45) is 0.931. The van der Waals surface area contributed by atoms with Crippen LogP contribution in [0.15, 0.2) is 48.5 Å². The molecule has 1 amide bonds. The van der Waals surface area contributed by atoms with Gasteiger partial charge in [-0.05, 0) is 30.2 Å². The monoisotopic (exact) mass is 337 g/mol. The molecule has 0 unspecified atom stereocenters. The van der Waals surface area contributed by atoms with E-state index in [1.165, 1.54) is 0 Å². The van der Waals surface area contributed by atoms with E-state index in [1.807, 2.05) is 49.4 Å². The Labute approximate surface area is 148 Å². The Kier molecular flexibility index (Phi) is 7.48. The summed E-state index contributed by atoms with van der Waals surface area (Å²) in [5, 5.41) is 15.1. The average molecular weight is 337 g/mol. The number of nitriles is 1. The number of carbonyl (C=O) groups excluding carboxylic acids is 1. The SMILES string of the molecule is CCCNC(=O)CNCc1cccc(OCc2ccccc2C#N)c1. The van der Waals surface area contributed by atoms with Gasteiger partial charge < -0.3 is 15.4 Å². The minimum Gasteiger partial charge on any atom is -0.489 e. The summed E-state index contributed by atoms with van der Waals surface area (Å²) in [6, 6.07) is 17.3. The lowest BCUT2D eigenvalue weighted by Gasteiger charge is -2.10. The molecule has 0 saturated heterocycles. The second kappa shape index (κ2) is 10.1. The van der Waals surface area contributed by atoms with Gasteiger partial charge in [-0.15, -0.1) is 0 Å². The molecule has 5 heteroatoms. The minimum atomic E-state index is 0.00219. The molecular weight excluding hydrogens is 314 g/mol. The third-order valence-corrected chi connectivity index (χ3v) is 3.62. The van der Waals surface area contributed by atoms with Crippen LogP contribution in [-0.2, 0) is 17.9 Å². The van der Waals surface area contributed by atoms with Crippen molar-refractivity contribution in [2.45, 2.75) is 26.5 Å². The molecule has 2 N–H and O–H groups in total. The van der Waals surface area contributed by atoms with E-state index in [0.29, 0.717) is 31.8 Å². The van der Waals surface area contributed by atoms with Crippen molar-refractivity contribution in [3.63, 3.8) is 0 Å². The van der Waals surface area contributed by atoms with Gasteiger partial charge in [-0.25, -0.2) is 0 Å². The molecule has 0 aliphatic rings. The van der Waals surface area contributed by atoms with Gasteiger partial charge in [0.05, 0.1) is 18.2 Å². The molecule has 0 fully saturated rings. The van der Waals surface area contributed by atoms with Crippen LogP contribution in [0.25, 0.3) is 0 Å². The molecule has 130 valence electrons. The Hall–Kier alpha value is -2.84. The second-order valence-corrected chi connectivity index (χ2v) is 5.66. The van der Waals surface area contributed by atoms with Crippen LogP contribution < -0.4 is 15.4 Å². The molecule has 0 saturated carbocycles. The number of hydrogen-bond acceptors (Lipinski definition) is 4. The van der Waals surface area contributed by atoms with Crippen LogP contribution in [0.1, 0.15) is 30.0 Å². The first-order chi connectivity index (χ1) is 12.2. The maximum Gasteiger partial charge on any atom is 0.233 e. The predicted octanol–water partition coefficient (Wildman–Crippen LogP) is 2.75. The summed E-state index contributed by atoms with van der Waals surface area (Å²) >= 11 is 0. The van der Waals surface area contributed by atoms with Gasteiger partial charge in [0, 0.05) is 18.7 Å². The molecule has 2 aromatic carbocycles. The Morgan fingerprint density at radius 3 is 2.84 bits per heavy atom. The van der Waals surface area contributed by atoms with Crippen LogP contribution in [0.4, 0.5) is 0 Å². The molecule has 0 aromatic heterocycles. The van der Waals surface area contributed by atoms with Gasteiger partial charge in [-0.3, -0.25) is 4.79 Å². The van der Waals surface area contributed by atoms with Gasteiger partial charge in [-0.2, -0.15) is 5.26 Å². The van der Waals surface area contributed by atoms with E-state index in [4.69, 9.17) is 10.00 Å². The number of benzene rings is 2. The molecule has 0 bridgehead atoms. The zero-order chi connectivity index (χ0) is 17.9. The minimum absolute atomic E-state index is 0.00219. The summed E-state index contributed by atoms with van der Waals surface area (Å²) in [5.74, 6) is 0.741. The molecular formula is C20H23N3O2. The Morgan fingerprint density at radius 2 is 2.04 bits per heavy atom. The van der Waals surface area contributed by atoms with E-state index < -0.39 is 0 Å². The van der Waals surface area contributed by atoms with Crippen LogP contribution in [0.3, 0.4) is 0 Å². The van der Waals surface area contributed by atoms with Gasteiger partial charge in [0.2, 0.25) is 5.91 Å². The lowest BCUT2D eigenvalue weighted by Crippen LogP contribution is -2.33. The molecule has 0 aliphatic carbocycles. The van der Waals surface area contributed by atoms with E-state index >= 15 is 0 Å². The number of amides is 1. The summed E-state index contributed by atoms with van der Waals surface area (Å²) in [7, 11) is 0. The molecule has 2 aromatic rings. The smallest absolute Gasteiger partial charge is 0.233 e. The number of carbonyl (C=O) groups is 1. The Balaban J connectivity index is 1.84. The summed E-state index contributed by atoms with van der Waals surface area (Å²) in [4.78, 5) is 11.6. The van der Waals surface area contributed by atoms with Gasteiger partial charge in [0.25, 0.3) is 0 Å². The van der Waals surface area contributed by atoms with Crippen molar-refractivity contribution in [1.29, 1.82) is 5.26 Å².